The van der Waals surface area contributed by atoms with E-state index in [1.165, 1.54) is 11.1 Å². The molecule has 0 unspecified atom stereocenters. The van der Waals surface area contributed by atoms with Crippen LogP contribution in [0.4, 0.5) is 34.1 Å². The number of hydrogen-bond acceptors (Lipinski definition) is 6. The first kappa shape index (κ1) is 40.1. The van der Waals surface area contributed by atoms with E-state index in [0.717, 1.165) is 79.0 Å². The Hall–Kier alpha value is -5.10. The summed E-state index contributed by atoms with van der Waals surface area (Å²) < 4.78 is 11.1. The Labute approximate surface area is 324 Å². The van der Waals surface area contributed by atoms with E-state index >= 15 is 0 Å². The van der Waals surface area contributed by atoms with Gasteiger partial charge in [0.1, 0.15) is 11.5 Å². The highest BCUT2D eigenvalue weighted by molar-refractivity contribution is 5.95. The van der Waals surface area contributed by atoms with Gasteiger partial charge in [-0.15, -0.1) is 0 Å². The number of ether oxygens (including phenoxy) is 2. The zero-order valence-electron chi connectivity index (χ0n) is 35.1. The van der Waals surface area contributed by atoms with Gasteiger partial charge in [0.25, 0.3) is 0 Å². The Bertz CT molecular complexity index is 1970. The van der Waals surface area contributed by atoms with Crippen LogP contribution in [0, 0.1) is 0 Å². The minimum Gasteiger partial charge on any atom is -0.497 e. The zero-order chi connectivity index (χ0) is 40.0. The lowest BCUT2D eigenvalue weighted by Gasteiger charge is -2.30. The molecule has 286 valence electrons. The van der Waals surface area contributed by atoms with Crippen molar-refractivity contribution in [1.82, 2.24) is 0 Å². The summed E-state index contributed by atoms with van der Waals surface area (Å²) >= 11 is 0. The van der Waals surface area contributed by atoms with Crippen LogP contribution in [0.3, 0.4) is 0 Å². The largest absolute Gasteiger partial charge is 0.497 e. The first-order valence-corrected chi connectivity index (χ1v) is 18.9. The molecule has 0 heterocycles. The first-order chi connectivity index (χ1) is 25.0. The molecule has 0 saturated heterocycles. The molecule has 0 aliphatic heterocycles. The molecule has 6 N–H and O–H groups in total. The first-order valence-electron chi connectivity index (χ1n) is 18.9. The maximum absolute atomic E-state index is 7.09. The highest BCUT2D eigenvalue weighted by Crippen LogP contribution is 2.46. The molecule has 5 aromatic rings. The van der Waals surface area contributed by atoms with Crippen LogP contribution in [0.15, 0.2) is 84.9 Å². The summed E-state index contributed by atoms with van der Waals surface area (Å²) in [4.78, 5) is 0. The van der Waals surface area contributed by atoms with Crippen LogP contribution in [0.2, 0.25) is 0 Å². The van der Waals surface area contributed by atoms with Gasteiger partial charge in [0.2, 0.25) is 0 Å². The van der Waals surface area contributed by atoms with Gasteiger partial charge in [-0.3, -0.25) is 0 Å². The van der Waals surface area contributed by atoms with Crippen molar-refractivity contribution in [1.29, 1.82) is 0 Å². The Morgan fingerprint density at radius 3 is 0.981 bits per heavy atom. The number of nitrogens with two attached hydrogens (primary N) is 2. The second kappa shape index (κ2) is 14.6. The number of benzene rings is 5. The summed E-state index contributed by atoms with van der Waals surface area (Å²) in [5, 5.41) is 7.70. The molecule has 0 radical (unpaired) electrons. The van der Waals surface area contributed by atoms with Crippen molar-refractivity contribution in [2.75, 3.05) is 36.3 Å². The molecule has 0 amide bonds. The normalized spacial score (nSPS) is 12.4. The van der Waals surface area contributed by atoms with Crippen molar-refractivity contribution in [2.45, 2.75) is 105 Å². The summed E-state index contributed by atoms with van der Waals surface area (Å²) in [5.41, 5.74) is 27.4. The number of methoxy groups -OCH3 is 2. The number of hydrogen-bond donors (Lipinski definition) is 4. The minimum atomic E-state index is -0.166. The van der Waals surface area contributed by atoms with Gasteiger partial charge in [-0.2, -0.15) is 0 Å². The van der Waals surface area contributed by atoms with Gasteiger partial charge < -0.3 is 31.6 Å². The quantitative estimate of drug-likeness (QED) is 0.119. The van der Waals surface area contributed by atoms with Crippen molar-refractivity contribution in [3.8, 4) is 33.8 Å². The molecule has 0 fully saturated rings. The third-order valence-electron chi connectivity index (χ3n) is 10.2. The average molecular weight is 727 g/mol. The van der Waals surface area contributed by atoms with Gasteiger partial charge >= 0.3 is 0 Å². The highest BCUT2D eigenvalue weighted by Gasteiger charge is 2.27. The second-order valence-corrected chi connectivity index (χ2v) is 18.6. The molecular formula is C48H62N4O2. The van der Waals surface area contributed by atoms with Gasteiger partial charge in [0.05, 0.1) is 48.3 Å². The van der Waals surface area contributed by atoms with E-state index in [0.29, 0.717) is 0 Å². The lowest BCUT2D eigenvalue weighted by Crippen LogP contribution is -2.20. The van der Waals surface area contributed by atoms with Crippen LogP contribution in [0.5, 0.6) is 11.5 Å². The molecule has 0 atom stereocenters. The van der Waals surface area contributed by atoms with E-state index in [2.05, 4.69) is 154 Å². The van der Waals surface area contributed by atoms with Gasteiger partial charge in [0.15, 0.2) is 0 Å². The SMILES string of the molecule is COc1ccc(-c2cc(Nc3cc(C(C)(C)C)cc(C(C)(C)C)c3N)c(Nc3cc(C(C)(C)C)cc(C(C)(C)C)c3N)cc2-c2ccc(OC)cc2)cc1. The summed E-state index contributed by atoms with van der Waals surface area (Å²) in [7, 11) is 3.38. The van der Waals surface area contributed by atoms with Gasteiger partial charge in [0, 0.05) is 0 Å². The molecule has 6 heteroatoms. The van der Waals surface area contributed by atoms with E-state index in [1.54, 1.807) is 14.2 Å². The van der Waals surface area contributed by atoms with Crippen LogP contribution in [0.1, 0.15) is 105 Å². The molecule has 0 spiro atoms. The van der Waals surface area contributed by atoms with E-state index in [9.17, 15) is 0 Å². The highest BCUT2D eigenvalue weighted by atomic mass is 16.5. The molecular weight excluding hydrogens is 665 g/mol. The lowest BCUT2D eigenvalue weighted by atomic mass is 9.79. The zero-order valence-corrected chi connectivity index (χ0v) is 35.1. The van der Waals surface area contributed by atoms with Gasteiger partial charge in [-0.25, -0.2) is 0 Å². The van der Waals surface area contributed by atoms with Crippen molar-refractivity contribution >= 4 is 34.1 Å². The lowest BCUT2D eigenvalue weighted by molar-refractivity contribution is 0.414. The number of nitrogens with one attached hydrogen (secondary N) is 2. The molecule has 5 rings (SSSR count). The van der Waals surface area contributed by atoms with E-state index in [1.807, 2.05) is 24.3 Å². The van der Waals surface area contributed by atoms with Crippen LogP contribution in [-0.2, 0) is 21.7 Å². The maximum Gasteiger partial charge on any atom is 0.118 e. The maximum atomic E-state index is 7.09. The fourth-order valence-electron chi connectivity index (χ4n) is 6.74. The van der Waals surface area contributed by atoms with Crippen LogP contribution in [0.25, 0.3) is 22.3 Å². The molecule has 0 bridgehead atoms. The minimum absolute atomic E-state index is 0.0944. The molecule has 5 aromatic carbocycles. The molecule has 0 saturated carbocycles. The van der Waals surface area contributed by atoms with E-state index in [-0.39, 0.29) is 21.7 Å². The summed E-state index contributed by atoms with van der Waals surface area (Å²) in [5.74, 6) is 1.60. The standard InChI is InChI=1S/C48H62N4O2/c1-45(2,3)31-23-37(47(7,8)9)43(49)41(25-31)51-39-27-35(29-15-19-33(53-13)20-16-29)36(30-17-21-34(54-14)22-18-30)28-40(39)52-42-26-32(46(4,5)6)24-38(44(42)50)48(10,11)12/h15-28,51-52H,49-50H2,1-14H3. The van der Waals surface area contributed by atoms with E-state index < -0.39 is 0 Å². The molecule has 0 aliphatic rings. The van der Waals surface area contributed by atoms with Crippen molar-refractivity contribution in [2.24, 2.45) is 0 Å². The molecule has 6 nitrogen and oxygen atoms in total. The third kappa shape index (κ3) is 8.65. The van der Waals surface area contributed by atoms with E-state index in [4.69, 9.17) is 20.9 Å². The van der Waals surface area contributed by atoms with Crippen molar-refractivity contribution in [3.05, 3.63) is 107 Å². The molecule has 0 aromatic heterocycles. The molecule has 54 heavy (non-hydrogen) atoms. The topological polar surface area (TPSA) is 94.6 Å². The predicted molar refractivity (Wildman–Crippen MR) is 233 cm³/mol. The number of anilines is 6. The van der Waals surface area contributed by atoms with Crippen molar-refractivity contribution < 1.29 is 9.47 Å². The van der Waals surface area contributed by atoms with Crippen LogP contribution in [-0.4, -0.2) is 14.2 Å². The Morgan fingerprint density at radius 2 is 0.722 bits per heavy atom. The second-order valence-electron chi connectivity index (χ2n) is 18.6. The third-order valence-corrected chi connectivity index (χ3v) is 10.2. The average Bonchev–Trinajstić information content (AvgIpc) is 3.08. The summed E-state index contributed by atoms with van der Waals surface area (Å²) in [6, 6.07) is 29.8. The smallest absolute Gasteiger partial charge is 0.118 e. The Kier molecular flexibility index (Phi) is 10.9. The van der Waals surface area contributed by atoms with Crippen LogP contribution < -0.4 is 31.6 Å². The Balaban J connectivity index is 1.85. The van der Waals surface area contributed by atoms with Gasteiger partial charge in [-0.1, -0.05) is 119 Å². The Morgan fingerprint density at radius 1 is 0.407 bits per heavy atom. The fraction of sp³-hybridized carbons (Fsp3) is 0.375. The van der Waals surface area contributed by atoms with Crippen molar-refractivity contribution in [3.63, 3.8) is 0 Å². The number of rotatable bonds is 8. The monoisotopic (exact) mass is 726 g/mol. The number of nitrogen functional groups attached to an aromatic ring is 2. The fourth-order valence-corrected chi connectivity index (χ4v) is 6.74. The summed E-state index contributed by atoms with van der Waals surface area (Å²) in [6.45, 7) is 26.7. The van der Waals surface area contributed by atoms with Gasteiger partial charge in [-0.05, 0) is 115 Å². The molecule has 0 aliphatic carbocycles. The van der Waals surface area contributed by atoms with Crippen LogP contribution >= 0.6 is 0 Å². The summed E-state index contributed by atoms with van der Waals surface area (Å²) in [6.07, 6.45) is 0. The predicted octanol–water partition coefficient (Wildman–Crippen LogP) is 12.9.